The van der Waals surface area contributed by atoms with Crippen molar-refractivity contribution in [3.8, 4) is 0 Å². The number of hydrogen-bond donors (Lipinski definition) is 0. The monoisotopic (exact) mass is 248 g/mol. The minimum absolute atomic E-state index is 0.593. The van der Waals surface area contributed by atoms with E-state index in [0.717, 1.165) is 25.3 Å². The van der Waals surface area contributed by atoms with E-state index in [2.05, 4.69) is 21.6 Å². The van der Waals surface area contributed by atoms with E-state index in [4.69, 9.17) is 4.98 Å². The van der Waals surface area contributed by atoms with E-state index in [1.165, 1.54) is 51.0 Å². The standard InChI is InChI=1S/C14H24N4/c1-12-6-5-10-18-14(12)15-13(16-18)7-11-17-8-3-2-4-9-17/h12H,2-11H2,1H3. The van der Waals surface area contributed by atoms with Crippen LogP contribution in [-0.2, 0) is 13.0 Å². The van der Waals surface area contributed by atoms with Gasteiger partial charge in [0.25, 0.3) is 0 Å². The average Bonchev–Trinajstić information content (AvgIpc) is 2.82. The molecule has 2 aliphatic heterocycles. The smallest absolute Gasteiger partial charge is 0.152 e. The van der Waals surface area contributed by atoms with Crippen LogP contribution < -0.4 is 0 Å². The molecule has 1 fully saturated rings. The lowest BCUT2D eigenvalue weighted by atomic mass is 10.0. The molecule has 4 heteroatoms. The first-order valence-electron chi connectivity index (χ1n) is 7.49. The Morgan fingerprint density at radius 3 is 2.72 bits per heavy atom. The quantitative estimate of drug-likeness (QED) is 0.822. The SMILES string of the molecule is CC1CCCn2nc(CCN3CCCCC3)nc21. The van der Waals surface area contributed by atoms with Gasteiger partial charge in [-0.25, -0.2) is 9.67 Å². The molecule has 0 N–H and O–H groups in total. The van der Waals surface area contributed by atoms with Crippen LogP contribution in [0, 0.1) is 0 Å². The van der Waals surface area contributed by atoms with E-state index in [0.29, 0.717) is 5.92 Å². The zero-order chi connectivity index (χ0) is 12.4. The lowest BCUT2D eigenvalue weighted by molar-refractivity contribution is 0.230. The summed E-state index contributed by atoms with van der Waals surface area (Å²) in [7, 11) is 0. The van der Waals surface area contributed by atoms with E-state index in [1.807, 2.05) is 0 Å². The fraction of sp³-hybridized carbons (Fsp3) is 0.857. The first kappa shape index (κ1) is 12.2. The predicted molar refractivity (Wildman–Crippen MR) is 71.7 cm³/mol. The molecule has 0 amide bonds. The van der Waals surface area contributed by atoms with Gasteiger partial charge in [-0.05, 0) is 38.8 Å². The zero-order valence-electron chi connectivity index (χ0n) is 11.4. The second-order valence-electron chi connectivity index (χ2n) is 5.80. The van der Waals surface area contributed by atoms with Crippen LogP contribution in [0.1, 0.15) is 56.6 Å². The number of fused-ring (bicyclic) bond motifs is 1. The summed E-state index contributed by atoms with van der Waals surface area (Å²) in [6.07, 6.45) is 7.68. The maximum Gasteiger partial charge on any atom is 0.152 e. The Hall–Kier alpha value is -0.900. The minimum Gasteiger partial charge on any atom is -0.303 e. The summed E-state index contributed by atoms with van der Waals surface area (Å²) < 4.78 is 2.14. The van der Waals surface area contributed by atoms with Gasteiger partial charge < -0.3 is 4.90 Å². The molecule has 3 heterocycles. The molecular weight excluding hydrogens is 224 g/mol. The molecule has 0 aliphatic carbocycles. The van der Waals surface area contributed by atoms with E-state index >= 15 is 0 Å². The highest BCUT2D eigenvalue weighted by Crippen LogP contribution is 2.24. The van der Waals surface area contributed by atoms with Crippen molar-refractivity contribution < 1.29 is 0 Å². The molecule has 1 aromatic heterocycles. The highest BCUT2D eigenvalue weighted by molar-refractivity contribution is 5.02. The summed E-state index contributed by atoms with van der Waals surface area (Å²) in [5.74, 6) is 2.87. The van der Waals surface area contributed by atoms with Gasteiger partial charge in [-0.2, -0.15) is 5.10 Å². The molecule has 0 spiro atoms. The average molecular weight is 248 g/mol. The summed E-state index contributed by atoms with van der Waals surface area (Å²) >= 11 is 0. The first-order valence-corrected chi connectivity index (χ1v) is 7.49. The molecule has 100 valence electrons. The van der Waals surface area contributed by atoms with Crippen LogP contribution in [0.4, 0.5) is 0 Å². The summed E-state index contributed by atoms with van der Waals surface area (Å²) in [6.45, 7) is 7.01. The van der Waals surface area contributed by atoms with Gasteiger partial charge in [0.2, 0.25) is 0 Å². The molecule has 1 unspecified atom stereocenters. The topological polar surface area (TPSA) is 34.0 Å². The molecule has 1 atom stereocenters. The fourth-order valence-corrected chi connectivity index (χ4v) is 3.16. The van der Waals surface area contributed by atoms with Crippen LogP contribution >= 0.6 is 0 Å². The third kappa shape index (κ3) is 2.58. The maximum atomic E-state index is 4.74. The Balaban J connectivity index is 1.59. The molecule has 1 saturated heterocycles. The normalized spacial score (nSPS) is 25.1. The summed E-state index contributed by atoms with van der Waals surface area (Å²) in [4.78, 5) is 7.30. The molecule has 4 nitrogen and oxygen atoms in total. The van der Waals surface area contributed by atoms with Gasteiger partial charge in [0.15, 0.2) is 5.82 Å². The van der Waals surface area contributed by atoms with Crippen molar-refractivity contribution >= 4 is 0 Å². The van der Waals surface area contributed by atoms with Gasteiger partial charge in [-0.15, -0.1) is 0 Å². The largest absolute Gasteiger partial charge is 0.303 e. The van der Waals surface area contributed by atoms with Gasteiger partial charge in [0.05, 0.1) is 0 Å². The molecular formula is C14H24N4. The predicted octanol–water partition coefficient (Wildman–Crippen LogP) is 2.20. The fourth-order valence-electron chi connectivity index (χ4n) is 3.16. The van der Waals surface area contributed by atoms with Crippen LogP contribution in [0.15, 0.2) is 0 Å². The third-order valence-electron chi connectivity index (χ3n) is 4.29. The summed E-state index contributed by atoms with van der Waals surface area (Å²) in [6, 6.07) is 0. The number of nitrogens with zero attached hydrogens (tertiary/aromatic N) is 4. The van der Waals surface area contributed by atoms with Gasteiger partial charge in [0, 0.05) is 25.4 Å². The Labute approximate surface area is 109 Å². The van der Waals surface area contributed by atoms with Crippen LogP contribution in [-0.4, -0.2) is 39.3 Å². The van der Waals surface area contributed by atoms with Crippen molar-refractivity contribution in [1.82, 2.24) is 19.7 Å². The zero-order valence-corrected chi connectivity index (χ0v) is 11.4. The second-order valence-corrected chi connectivity index (χ2v) is 5.80. The van der Waals surface area contributed by atoms with E-state index < -0.39 is 0 Å². The minimum atomic E-state index is 0.593. The van der Waals surface area contributed by atoms with E-state index in [9.17, 15) is 0 Å². The highest BCUT2D eigenvalue weighted by atomic mass is 15.4. The Morgan fingerprint density at radius 1 is 1.11 bits per heavy atom. The van der Waals surface area contributed by atoms with Crippen LogP contribution in [0.5, 0.6) is 0 Å². The number of aryl methyl sites for hydroxylation is 1. The summed E-state index contributed by atoms with van der Waals surface area (Å²) in [5, 5.41) is 4.66. The first-order chi connectivity index (χ1) is 8.83. The highest BCUT2D eigenvalue weighted by Gasteiger charge is 2.20. The van der Waals surface area contributed by atoms with Crippen molar-refractivity contribution in [1.29, 1.82) is 0 Å². The Bertz CT molecular complexity index is 392. The molecule has 0 aromatic carbocycles. The maximum absolute atomic E-state index is 4.74. The number of hydrogen-bond acceptors (Lipinski definition) is 3. The molecule has 1 aromatic rings. The molecule has 0 saturated carbocycles. The van der Waals surface area contributed by atoms with E-state index in [1.54, 1.807) is 0 Å². The van der Waals surface area contributed by atoms with Crippen molar-refractivity contribution in [3.05, 3.63) is 11.6 Å². The number of likely N-dealkylation sites (tertiary alicyclic amines) is 1. The van der Waals surface area contributed by atoms with Gasteiger partial charge >= 0.3 is 0 Å². The van der Waals surface area contributed by atoms with Crippen LogP contribution in [0.25, 0.3) is 0 Å². The molecule has 0 radical (unpaired) electrons. The van der Waals surface area contributed by atoms with Gasteiger partial charge in [-0.1, -0.05) is 13.3 Å². The second kappa shape index (κ2) is 5.39. The van der Waals surface area contributed by atoms with Crippen molar-refractivity contribution in [3.63, 3.8) is 0 Å². The number of rotatable bonds is 3. The number of aromatic nitrogens is 3. The Morgan fingerprint density at radius 2 is 1.94 bits per heavy atom. The lowest BCUT2D eigenvalue weighted by Gasteiger charge is -2.25. The van der Waals surface area contributed by atoms with Crippen LogP contribution in [0.2, 0.25) is 0 Å². The summed E-state index contributed by atoms with van der Waals surface area (Å²) in [5.41, 5.74) is 0. The third-order valence-corrected chi connectivity index (χ3v) is 4.29. The van der Waals surface area contributed by atoms with Crippen LogP contribution in [0.3, 0.4) is 0 Å². The van der Waals surface area contributed by atoms with Crippen molar-refractivity contribution in [2.75, 3.05) is 19.6 Å². The van der Waals surface area contributed by atoms with Crippen molar-refractivity contribution in [2.45, 2.75) is 57.9 Å². The Kier molecular flexibility index (Phi) is 3.64. The molecule has 18 heavy (non-hydrogen) atoms. The van der Waals surface area contributed by atoms with Gasteiger partial charge in [-0.3, -0.25) is 0 Å². The lowest BCUT2D eigenvalue weighted by Crippen LogP contribution is -2.31. The van der Waals surface area contributed by atoms with Gasteiger partial charge in [0.1, 0.15) is 5.82 Å². The molecule has 2 aliphatic rings. The molecule has 0 bridgehead atoms. The number of piperidine rings is 1. The molecule has 3 rings (SSSR count). The van der Waals surface area contributed by atoms with Crippen molar-refractivity contribution in [2.24, 2.45) is 0 Å². The van der Waals surface area contributed by atoms with E-state index in [-0.39, 0.29) is 0 Å².